The minimum absolute atomic E-state index is 0.0578. The monoisotopic (exact) mass is 354 g/mol. The Balaban J connectivity index is 1.61. The number of esters is 2. The van der Waals surface area contributed by atoms with Gasteiger partial charge in [0.05, 0.1) is 37.6 Å². The van der Waals surface area contributed by atoms with Gasteiger partial charge in [-0.1, -0.05) is 13.2 Å². The first-order valence-electron chi connectivity index (χ1n) is 8.64. The highest BCUT2D eigenvalue weighted by Gasteiger charge is 2.21. The minimum Gasteiger partial charge on any atom is -0.432 e. The predicted molar refractivity (Wildman–Crippen MR) is 88.5 cm³/mol. The largest absolute Gasteiger partial charge is 0.432 e. The van der Waals surface area contributed by atoms with Crippen LogP contribution in [0, 0.1) is 0 Å². The molecule has 0 aromatic rings. The van der Waals surface area contributed by atoms with Gasteiger partial charge in [0, 0.05) is 12.8 Å². The van der Waals surface area contributed by atoms with Crippen molar-refractivity contribution in [2.75, 3.05) is 26.4 Å². The lowest BCUT2D eigenvalue weighted by Crippen LogP contribution is -2.27. The van der Waals surface area contributed by atoms with Gasteiger partial charge in [-0.15, -0.1) is 0 Å². The lowest BCUT2D eigenvalue weighted by atomic mass is 10.2. The summed E-state index contributed by atoms with van der Waals surface area (Å²) >= 11 is 0. The first kappa shape index (κ1) is 19.6. The summed E-state index contributed by atoms with van der Waals surface area (Å²) in [5.41, 5.74) is 0.317. The van der Waals surface area contributed by atoms with Crippen molar-refractivity contribution < 1.29 is 33.3 Å². The smallest absolute Gasteiger partial charge is 0.338 e. The molecule has 2 heterocycles. The van der Waals surface area contributed by atoms with E-state index in [-0.39, 0.29) is 24.4 Å². The van der Waals surface area contributed by atoms with Crippen LogP contribution in [0.15, 0.2) is 24.3 Å². The highest BCUT2D eigenvalue weighted by atomic mass is 16.7. The molecule has 0 aromatic carbocycles. The molecule has 2 aliphatic rings. The third kappa shape index (κ3) is 6.97. The van der Waals surface area contributed by atoms with E-state index >= 15 is 0 Å². The number of ether oxygens (including phenoxy) is 5. The zero-order valence-corrected chi connectivity index (χ0v) is 14.5. The van der Waals surface area contributed by atoms with E-state index in [1.54, 1.807) is 0 Å². The molecule has 7 nitrogen and oxygen atoms in total. The molecule has 0 amide bonds. The number of hydrogen-bond donors (Lipinski definition) is 0. The summed E-state index contributed by atoms with van der Waals surface area (Å²) in [6.07, 6.45) is 4.22. The average Bonchev–Trinajstić information content (AvgIpc) is 2.63. The zero-order valence-electron chi connectivity index (χ0n) is 14.5. The van der Waals surface area contributed by atoms with Gasteiger partial charge in [0.1, 0.15) is 0 Å². The molecule has 0 bridgehead atoms. The van der Waals surface area contributed by atoms with Crippen LogP contribution in [-0.4, -0.2) is 50.9 Å². The number of hydrogen-bond acceptors (Lipinski definition) is 7. The molecule has 7 heteroatoms. The van der Waals surface area contributed by atoms with E-state index in [1.807, 2.05) is 0 Å². The molecule has 25 heavy (non-hydrogen) atoms. The molecule has 2 aliphatic heterocycles. The number of rotatable bonds is 8. The van der Waals surface area contributed by atoms with Crippen LogP contribution < -0.4 is 0 Å². The topological polar surface area (TPSA) is 80.3 Å². The summed E-state index contributed by atoms with van der Waals surface area (Å²) in [5, 5.41) is 0. The fourth-order valence-electron chi connectivity index (χ4n) is 2.43. The molecule has 0 spiro atoms. The van der Waals surface area contributed by atoms with Crippen LogP contribution in [0.3, 0.4) is 0 Å². The van der Waals surface area contributed by atoms with Crippen LogP contribution >= 0.6 is 0 Å². The molecule has 140 valence electrons. The maximum Gasteiger partial charge on any atom is 0.338 e. The second-order valence-electron chi connectivity index (χ2n) is 6.10. The van der Waals surface area contributed by atoms with Gasteiger partial charge in [-0.05, 0) is 25.7 Å². The van der Waals surface area contributed by atoms with E-state index in [9.17, 15) is 9.59 Å². The first-order chi connectivity index (χ1) is 12.1. The summed E-state index contributed by atoms with van der Waals surface area (Å²) in [4.78, 5) is 23.7. The maximum absolute atomic E-state index is 11.9. The lowest BCUT2D eigenvalue weighted by Gasteiger charge is -2.23. The zero-order chi connectivity index (χ0) is 18.1. The van der Waals surface area contributed by atoms with E-state index < -0.39 is 24.5 Å². The Morgan fingerprint density at radius 2 is 1.24 bits per heavy atom. The van der Waals surface area contributed by atoms with E-state index in [0.29, 0.717) is 26.1 Å². The summed E-state index contributed by atoms with van der Waals surface area (Å²) in [6.45, 7) is 8.34. The molecule has 0 saturated carbocycles. The molecule has 0 N–H and O–H groups in total. The number of carbonyl (C=O) groups excluding carboxylic acids is 2. The SMILES string of the molecule is C=C(COCC(=C)C(=O)OC1CCCCO1)C(=O)OC1CCCCO1. The van der Waals surface area contributed by atoms with Crippen molar-refractivity contribution in [1.82, 2.24) is 0 Å². The fraction of sp³-hybridized carbons (Fsp3) is 0.667. The lowest BCUT2D eigenvalue weighted by molar-refractivity contribution is -0.183. The molecule has 2 unspecified atom stereocenters. The van der Waals surface area contributed by atoms with Gasteiger partial charge in [0.2, 0.25) is 12.6 Å². The van der Waals surface area contributed by atoms with E-state index in [4.69, 9.17) is 23.7 Å². The van der Waals surface area contributed by atoms with E-state index in [1.165, 1.54) is 0 Å². The summed E-state index contributed by atoms with van der Waals surface area (Å²) < 4.78 is 26.3. The highest BCUT2D eigenvalue weighted by Crippen LogP contribution is 2.16. The van der Waals surface area contributed by atoms with Gasteiger partial charge >= 0.3 is 11.9 Å². The standard InChI is InChI=1S/C18H26O7/c1-13(17(19)24-15-7-3-5-9-22-15)11-21-12-14(2)18(20)25-16-8-4-6-10-23-16/h15-16H,1-12H2. The Hall–Kier alpha value is -1.70. The van der Waals surface area contributed by atoms with Crippen LogP contribution in [0.4, 0.5) is 0 Å². The van der Waals surface area contributed by atoms with Gasteiger partial charge in [-0.3, -0.25) is 0 Å². The van der Waals surface area contributed by atoms with Crippen LogP contribution in [0.5, 0.6) is 0 Å². The molecular formula is C18H26O7. The van der Waals surface area contributed by atoms with Crippen molar-refractivity contribution in [3.05, 3.63) is 24.3 Å². The summed E-state index contributed by atoms with van der Waals surface area (Å²) in [7, 11) is 0. The quantitative estimate of drug-likeness (QED) is 0.488. The first-order valence-corrected chi connectivity index (χ1v) is 8.64. The van der Waals surface area contributed by atoms with Crippen molar-refractivity contribution in [3.63, 3.8) is 0 Å². The van der Waals surface area contributed by atoms with Crippen LogP contribution in [0.25, 0.3) is 0 Å². The molecule has 0 aromatic heterocycles. The number of carbonyl (C=O) groups is 2. The van der Waals surface area contributed by atoms with Gasteiger partial charge in [0.15, 0.2) is 0 Å². The molecule has 2 rings (SSSR count). The minimum atomic E-state index is -0.560. The molecule has 0 radical (unpaired) electrons. The molecule has 0 aliphatic carbocycles. The van der Waals surface area contributed by atoms with Crippen molar-refractivity contribution in [2.45, 2.75) is 51.1 Å². The molecular weight excluding hydrogens is 328 g/mol. The predicted octanol–water partition coefficient (Wildman–Crippen LogP) is 2.25. The van der Waals surface area contributed by atoms with Crippen molar-refractivity contribution in [1.29, 1.82) is 0 Å². The third-order valence-electron chi connectivity index (χ3n) is 3.88. The second kappa shape index (κ2) is 10.3. The van der Waals surface area contributed by atoms with Crippen molar-refractivity contribution >= 4 is 11.9 Å². The maximum atomic E-state index is 11.9. The van der Waals surface area contributed by atoms with Gasteiger partial charge in [-0.25, -0.2) is 9.59 Å². The van der Waals surface area contributed by atoms with Crippen LogP contribution in [-0.2, 0) is 33.3 Å². The fourth-order valence-corrected chi connectivity index (χ4v) is 2.43. The van der Waals surface area contributed by atoms with Crippen LogP contribution in [0.2, 0.25) is 0 Å². The molecule has 2 fully saturated rings. The average molecular weight is 354 g/mol. The van der Waals surface area contributed by atoms with E-state index in [2.05, 4.69) is 13.2 Å². The van der Waals surface area contributed by atoms with E-state index in [0.717, 1.165) is 25.7 Å². The van der Waals surface area contributed by atoms with Crippen molar-refractivity contribution in [2.24, 2.45) is 0 Å². The Bertz CT molecular complexity index is 444. The second-order valence-corrected chi connectivity index (χ2v) is 6.10. The summed E-state index contributed by atoms with van der Waals surface area (Å²) in [5.74, 6) is -1.12. The van der Waals surface area contributed by atoms with Gasteiger partial charge < -0.3 is 23.7 Å². The Labute approximate surface area is 147 Å². The Morgan fingerprint density at radius 1 is 0.800 bits per heavy atom. The molecule has 2 atom stereocenters. The highest BCUT2D eigenvalue weighted by molar-refractivity contribution is 5.88. The summed E-state index contributed by atoms with van der Waals surface area (Å²) in [6, 6.07) is 0. The van der Waals surface area contributed by atoms with Crippen molar-refractivity contribution in [3.8, 4) is 0 Å². The third-order valence-corrected chi connectivity index (χ3v) is 3.88. The van der Waals surface area contributed by atoms with Gasteiger partial charge in [0.25, 0.3) is 0 Å². The normalized spacial score (nSPS) is 23.5. The molecule has 2 saturated heterocycles. The Kier molecular flexibility index (Phi) is 8.11. The van der Waals surface area contributed by atoms with Crippen LogP contribution in [0.1, 0.15) is 38.5 Å². The Morgan fingerprint density at radius 3 is 1.60 bits per heavy atom. The van der Waals surface area contributed by atoms with Gasteiger partial charge in [-0.2, -0.15) is 0 Å².